The van der Waals surface area contributed by atoms with Crippen molar-refractivity contribution >= 4 is 38.9 Å². The van der Waals surface area contributed by atoms with E-state index in [1.807, 2.05) is 0 Å². The lowest BCUT2D eigenvalue weighted by Gasteiger charge is -2.07. The van der Waals surface area contributed by atoms with Crippen molar-refractivity contribution in [1.29, 1.82) is 0 Å². The van der Waals surface area contributed by atoms with Crippen LogP contribution < -0.4 is 11.1 Å². The minimum atomic E-state index is -0.574. The number of nitrogens with two attached hydrogens (primary N) is 1. The van der Waals surface area contributed by atoms with Crippen LogP contribution in [0.25, 0.3) is 0 Å². The van der Waals surface area contributed by atoms with Crippen molar-refractivity contribution in [2.24, 2.45) is 0 Å². The summed E-state index contributed by atoms with van der Waals surface area (Å²) < 4.78 is 0.880. The molecular formula is C13H10BrN3O3. The molecular weight excluding hydrogens is 326 g/mol. The lowest BCUT2D eigenvalue weighted by molar-refractivity contribution is -0.384. The van der Waals surface area contributed by atoms with Gasteiger partial charge in [0.25, 0.3) is 11.6 Å². The third-order valence-corrected chi connectivity index (χ3v) is 3.12. The standard InChI is InChI=1S/C13H10BrN3O3/c14-8-1-3-9(4-2-8)16-13(18)11-7-10(17(19)20)5-6-12(11)15/h1-7H,15H2,(H,16,18). The monoisotopic (exact) mass is 335 g/mol. The number of hydrogen-bond donors (Lipinski definition) is 2. The van der Waals surface area contributed by atoms with Gasteiger partial charge in [0.05, 0.1) is 10.5 Å². The van der Waals surface area contributed by atoms with E-state index in [9.17, 15) is 14.9 Å². The fraction of sp³-hybridized carbons (Fsp3) is 0. The van der Waals surface area contributed by atoms with E-state index < -0.39 is 10.8 Å². The zero-order valence-electron chi connectivity index (χ0n) is 10.2. The summed E-state index contributed by atoms with van der Waals surface area (Å²) in [5, 5.41) is 13.3. The molecule has 6 nitrogen and oxygen atoms in total. The number of nitrogens with zero attached hydrogens (tertiary/aromatic N) is 1. The summed E-state index contributed by atoms with van der Waals surface area (Å²) in [4.78, 5) is 22.2. The average molecular weight is 336 g/mol. The predicted octanol–water partition coefficient (Wildman–Crippen LogP) is 3.19. The second kappa shape index (κ2) is 5.70. The van der Waals surface area contributed by atoms with Crippen molar-refractivity contribution in [2.45, 2.75) is 0 Å². The third-order valence-electron chi connectivity index (χ3n) is 2.59. The first kappa shape index (κ1) is 14.0. The minimum Gasteiger partial charge on any atom is -0.398 e. The van der Waals surface area contributed by atoms with E-state index in [1.54, 1.807) is 24.3 Å². The van der Waals surface area contributed by atoms with Gasteiger partial charge in [-0.3, -0.25) is 14.9 Å². The third kappa shape index (κ3) is 3.12. The van der Waals surface area contributed by atoms with Crippen LogP contribution in [0.2, 0.25) is 0 Å². The number of nitrogen functional groups attached to an aromatic ring is 1. The van der Waals surface area contributed by atoms with Gasteiger partial charge in [0.15, 0.2) is 0 Å². The van der Waals surface area contributed by atoms with E-state index in [4.69, 9.17) is 5.73 Å². The first-order chi connectivity index (χ1) is 9.47. The van der Waals surface area contributed by atoms with Gasteiger partial charge >= 0.3 is 0 Å². The number of nitro benzene ring substituents is 1. The number of halogens is 1. The summed E-state index contributed by atoms with van der Waals surface area (Å²) in [6, 6.07) is 10.7. The molecule has 0 fully saturated rings. The Kier molecular flexibility index (Phi) is 3.99. The second-order valence-corrected chi connectivity index (χ2v) is 4.91. The number of nitrogens with one attached hydrogen (secondary N) is 1. The van der Waals surface area contributed by atoms with Gasteiger partial charge < -0.3 is 11.1 Å². The van der Waals surface area contributed by atoms with E-state index in [2.05, 4.69) is 21.2 Å². The second-order valence-electron chi connectivity index (χ2n) is 3.99. The largest absolute Gasteiger partial charge is 0.398 e. The molecule has 2 aromatic rings. The number of carbonyl (C=O) groups excluding carboxylic acids is 1. The molecule has 0 bridgehead atoms. The highest BCUT2D eigenvalue weighted by Gasteiger charge is 2.15. The van der Waals surface area contributed by atoms with Crippen molar-refractivity contribution in [3.63, 3.8) is 0 Å². The van der Waals surface area contributed by atoms with Crippen molar-refractivity contribution in [3.05, 3.63) is 62.6 Å². The van der Waals surface area contributed by atoms with Crippen LogP contribution >= 0.6 is 15.9 Å². The molecule has 2 aromatic carbocycles. The molecule has 0 saturated heterocycles. The number of hydrogen-bond acceptors (Lipinski definition) is 4. The molecule has 0 spiro atoms. The lowest BCUT2D eigenvalue weighted by Crippen LogP contribution is -2.14. The fourth-order valence-electron chi connectivity index (χ4n) is 1.59. The van der Waals surface area contributed by atoms with E-state index in [0.29, 0.717) is 5.69 Å². The summed E-state index contributed by atoms with van der Waals surface area (Å²) in [6.07, 6.45) is 0. The summed E-state index contributed by atoms with van der Waals surface area (Å²) >= 11 is 3.29. The fourth-order valence-corrected chi connectivity index (χ4v) is 1.85. The molecule has 0 atom stereocenters. The Morgan fingerprint density at radius 2 is 1.85 bits per heavy atom. The van der Waals surface area contributed by atoms with Crippen LogP contribution in [0.1, 0.15) is 10.4 Å². The Labute approximate surface area is 122 Å². The molecule has 2 rings (SSSR count). The first-order valence-electron chi connectivity index (χ1n) is 5.58. The van der Waals surface area contributed by atoms with E-state index >= 15 is 0 Å². The van der Waals surface area contributed by atoms with Crippen LogP contribution in [-0.2, 0) is 0 Å². The number of anilines is 2. The van der Waals surface area contributed by atoms with Crippen molar-refractivity contribution in [3.8, 4) is 0 Å². The summed E-state index contributed by atoms with van der Waals surface area (Å²) in [6.45, 7) is 0. The van der Waals surface area contributed by atoms with Gasteiger partial charge in [-0.25, -0.2) is 0 Å². The first-order valence-corrected chi connectivity index (χ1v) is 6.37. The molecule has 7 heteroatoms. The van der Waals surface area contributed by atoms with E-state index in [-0.39, 0.29) is 16.9 Å². The van der Waals surface area contributed by atoms with E-state index in [0.717, 1.165) is 10.5 Å². The van der Waals surface area contributed by atoms with Gasteiger partial charge in [-0.05, 0) is 30.3 Å². The SMILES string of the molecule is Nc1ccc([N+](=O)[O-])cc1C(=O)Nc1ccc(Br)cc1. The van der Waals surface area contributed by atoms with Crippen LogP contribution in [-0.4, -0.2) is 10.8 Å². The number of amides is 1. The van der Waals surface area contributed by atoms with Crippen LogP contribution in [0.4, 0.5) is 17.1 Å². The van der Waals surface area contributed by atoms with Gasteiger partial charge in [0.2, 0.25) is 0 Å². The molecule has 3 N–H and O–H groups in total. The van der Waals surface area contributed by atoms with Gasteiger partial charge in [-0.15, -0.1) is 0 Å². The molecule has 0 radical (unpaired) electrons. The molecule has 20 heavy (non-hydrogen) atoms. The summed E-state index contributed by atoms with van der Waals surface area (Å²) in [5.41, 5.74) is 6.33. The molecule has 1 amide bonds. The van der Waals surface area contributed by atoms with Gasteiger partial charge in [0, 0.05) is 28.0 Å². The smallest absolute Gasteiger partial charge is 0.270 e. The maximum Gasteiger partial charge on any atom is 0.270 e. The molecule has 0 aliphatic carbocycles. The van der Waals surface area contributed by atoms with Gasteiger partial charge in [-0.2, -0.15) is 0 Å². The number of nitro groups is 1. The molecule has 0 aromatic heterocycles. The van der Waals surface area contributed by atoms with E-state index in [1.165, 1.54) is 12.1 Å². The highest BCUT2D eigenvalue weighted by Crippen LogP contribution is 2.21. The maximum atomic E-state index is 12.1. The normalized spacial score (nSPS) is 10.1. The Morgan fingerprint density at radius 3 is 2.45 bits per heavy atom. The number of rotatable bonds is 3. The highest BCUT2D eigenvalue weighted by molar-refractivity contribution is 9.10. The van der Waals surface area contributed by atoms with Crippen molar-refractivity contribution < 1.29 is 9.72 Å². The molecule has 0 unspecified atom stereocenters. The van der Waals surface area contributed by atoms with Crippen LogP contribution in [0.15, 0.2) is 46.9 Å². The average Bonchev–Trinajstić information content (AvgIpc) is 2.41. The minimum absolute atomic E-state index is 0.0714. The summed E-state index contributed by atoms with van der Waals surface area (Å²) in [5.74, 6) is -0.492. The number of benzene rings is 2. The Morgan fingerprint density at radius 1 is 1.20 bits per heavy atom. The Balaban J connectivity index is 2.26. The van der Waals surface area contributed by atoms with Gasteiger partial charge in [-0.1, -0.05) is 15.9 Å². The van der Waals surface area contributed by atoms with Crippen LogP contribution in [0, 0.1) is 10.1 Å². The highest BCUT2D eigenvalue weighted by atomic mass is 79.9. The zero-order valence-corrected chi connectivity index (χ0v) is 11.8. The topological polar surface area (TPSA) is 98.3 Å². The van der Waals surface area contributed by atoms with Crippen molar-refractivity contribution in [2.75, 3.05) is 11.1 Å². The molecule has 0 saturated carbocycles. The predicted molar refractivity (Wildman–Crippen MR) is 79.6 cm³/mol. The quantitative estimate of drug-likeness (QED) is 0.511. The Hall–Kier alpha value is -2.41. The number of non-ortho nitro benzene ring substituents is 1. The van der Waals surface area contributed by atoms with Crippen LogP contribution in [0.5, 0.6) is 0 Å². The maximum absolute atomic E-state index is 12.1. The van der Waals surface area contributed by atoms with Crippen LogP contribution in [0.3, 0.4) is 0 Å². The zero-order chi connectivity index (χ0) is 14.7. The molecule has 102 valence electrons. The number of carbonyl (C=O) groups is 1. The molecule has 0 aliphatic rings. The molecule has 0 aliphatic heterocycles. The van der Waals surface area contributed by atoms with Gasteiger partial charge in [0.1, 0.15) is 0 Å². The lowest BCUT2D eigenvalue weighted by atomic mass is 10.1. The molecule has 0 heterocycles. The Bertz CT molecular complexity index is 671. The summed E-state index contributed by atoms with van der Waals surface area (Å²) in [7, 11) is 0. The van der Waals surface area contributed by atoms with Crippen molar-refractivity contribution in [1.82, 2.24) is 0 Å².